The Morgan fingerprint density at radius 3 is 1.54 bits per heavy atom. The number of nitro benzene ring substituents is 2. The Kier molecular flexibility index (Phi) is 5.45. The highest BCUT2D eigenvalue weighted by Gasteiger charge is 2.25. The van der Waals surface area contributed by atoms with Crippen LogP contribution in [-0.4, -0.2) is 14.1 Å². The number of nitrogens with zero attached hydrogens (tertiary/aromatic N) is 8. The molecule has 0 unspecified atom stereocenters. The summed E-state index contributed by atoms with van der Waals surface area (Å²) in [4.78, 5) is 25.0. The lowest BCUT2D eigenvalue weighted by molar-refractivity contribution is -0.384. The van der Waals surface area contributed by atoms with E-state index in [-0.39, 0.29) is 9.79 Å². The molecule has 2 rings (SSSR count). The van der Waals surface area contributed by atoms with E-state index in [1.165, 1.54) is 24.3 Å². The van der Waals surface area contributed by atoms with Crippen molar-refractivity contribution in [2.75, 3.05) is 0 Å². The van der Waals surface area contributed by atoms with Crippen LogP contribution in [0.5, 0.6) is 0 Å². The van der Waals surface area contributed by atoms with Crippen molar-refractivity contribution in [3.05, 3.63) is 77.5 Å². The van der Waals surface area contributed by atoms with Crippen molar-refractivity contribution in [3.8, 4) is 0 Å². The first-order valence-corrected chi connectivity index (χ1v) is 7.64. The molecular weight excluding hydrogens is 368 g/mol. The molecular formula is C12H6N8O5S. The molecule has 0 atom stereocenters. The van der Waals surface area contributed by atoms with Gasteiger partial charge in [0, 0.05) is 22.0 Å². The van der Waals surface area contributed by atoms with Crippen LogP contribution in [0.4, 0.5) is 22.7 Å². The number of hydrogen-bond donors (Lipinski definition) is 0. The van der Waals surface area contributed by atoms with Crippen LogP contribution in [0.2, 0.25) is 0 Å². The van der Waals surface area contributed by atoms with Crippen LogP contribution in [-0.2, 0) is 10.8 Å². The van der Waals surface area contributed by atoms with Crippen LogP contribution < -0.4 is 0 Å². The maximum Gasteiger partial charge on any atom is 0.280 e. The largest absolute Gasteiger partial charge is 0.280 e. The fourth-order valence-corrected chi connectivity index (χ4v) is 3.31. The lowest BCUT2D eigenvalue weighted by Gasteiger charge is -2.08. The molecule has 0 aliphatic carbocycles. The molecule has 0 aliphatic heterocycles. The Bertz CT molecular complexity index is 960. The van der Waals surface area contributed by atoms with E-state index < -0.39 is 43.4 Å². The predicted octanol–water partition coefficient (Wildman–Crippen LogP) is 4.55. The zero-order valence-corrected chi connectivity index (χ0v) is 13.3. The maximum atomic E-state index is 12.9. The summed E-state index contributed by atoms with van der Waals surface area (Å²) in [6, 6.07) is 6.93. The predicted molar refractivity (Wildman–Crippen MR) is 88.5 cm³/mol. The summed E-state index contributed by atoms with van der Waals surface area (Å²) in [7, 11) is -2.27. The summed E-state index contributed by atoms with van der Waals surface area (Å²) in [5.74, 6) is 0. The van der Waals surface area contributed by atoms with Gasteiger partial charge in [-0.2, -0.15) is 0 Å². The fourth-order valence-electron chi connectivity index (χ4n) is 2.02. The lowest BCUT2D eigenvalue weighted by atomic mass is 10.3. The van der Waals surface area contributed by atoms with Gasteiger partial charge in [0.2, 0.25) is 0 Å². The molecule has 2 aromatic carbocycles. The lowest BCUT2D eigenvalue weighted by Crippen LogP contribution is -1.99. The van der Waals surface area contributed by atoms with Gasteiger partial charge < -0.3 is 0 Å². The van der Waals surface area contributed by atoms with Crippen molar-refractivity contribution >= 4 is 33.5 Å². The van der Waals surface area contributed by atoms with Crippen molar-refractivity contribution in [3.63, 3.8) is 0 Å². The van der Waals surface area contributed by atoms with Gasteiger partial charge in [-0.15, -0.1) is 0 Å². The number of azide groups is 2. The molecule has 0 amide bonds. The molecule has 0 aliphatic rings. The third-order valence-electron chi connectivity index (χ3n) is 3.04. The second-order valence-electron chi connectivity index (χ2n) is 4.41. The SMILES string of the molecule is [N-]=[N+]=Nc1c([N+](=O)[O-])cccc1S(=O)c1cccc([N+](=O)[O-])c1N=[N+]=[N-]. The second kappa shape index (κ2) is 7.72. The summed E-state index contributed by atoms with van der Waals surface area (Å²) in [5, 5.41) is 28.6. The van der Waals surface area contributed by atoms with Gasteiger partial charge in [-0.25, -0.2) is 4.21 Å². The molecule has 0 heterocycles. The minimum atomic E-state index is -2.27. The van der Waals surface area contributed by atoms with Gasteiger partial charge in [-0.05, 0) is 23.2 Å². The van der Waals surface area contributed by atoms with Gasteiger partial charge in [0.15, 0.2) is 0 Å². The third kappa shape index (κ3) is 3.42. The molecule has 0 saturated heterocycles. The van der Waals surface area contributed by atoms with E-state index in [0.29, 0.717) is 0 Å². The van der Waals surface area contributed by atoms with E-state index in [1.807, 2.05) is 0 Å². The first-order valence-electron chi connectivity index (χ1n) is 6.49. The number of benzene rings is 2. The Morgan fingerprint density at radius 2 is 1.23 bits per heavy atom. The van der Waals surface area contributed by atoms with Crippen LogP contribution in [0.15, 0.2) is 56.4 Å². The monoisotopic (exact) mass is 374 g/mol. The summed E-state index contributed by atoms with van der Waals surface area (Å²) in [5.41, 5.74) is 15.1. The molecule has 0 bridgehead atoms. The summed E-state index contributed by atoms with van der Waals surface area (Å²) < 4.78 is 12.9. The van der Waals surface area contributed by atoms with Crippen LogP contribution in [0.25, 0.3) is 20.9 Å². The van der Waals surface area contributed by atoms with E-state index in [1.54, 1.807) is 0 Å². The smallest absolute Gasteiger partial charge is 0.258 e. The molecule has 2 aromatic rings. The van der Waals surface area contributed by atoms with E-state index in [9.17, 15) is 24.4 Å². The summed E-state index contributed by atoms with van der Waals surface area (Å²) in [6.45, 7) is 0. The Labute approximate surface area is 145 Å². The topological polar surface area (TPSA) is 201 Å². The van der Waals surface area contributed by atoms with Crippen molar-refractivity contribution in [2.45, 2.75) is 9.79 Å². The minimum Gasteiger partial charge on any atom is -0.258 e. The van der Waals surface area contributed by atoms with Crippen LogP contribution in [0.1, 0.15) is 0 Å². The summed E-state index contributed by atoms with van der Waals surface area (Å²) in [6.07, 6.45) is 0. The molecule has 0 radical (unpaired) electrons. The van der Waals surface area contributed by atoms with Crippen LogP contribution in [0.3, 0.4) is 0 Å². The van der Waals surface area contributed by atoms with E-state index in [4.69, 9.17) is 11.1 Å². The molecule has 26 heavy (non-hydrogen) atoms. The fraction of sp³-hybridized carbons (Fsp3) is 0. The Morgan fingerprint density at radius 1 is 0.846 bits per heavy atom. The Balaban J connectivity index is 2.79. The van der Waals surface area contributed by atoms with Crippen molar-refractivity contribution in [2.24, 2.45) is 10.2 Å². The molecule has 14 heteroatoms. The van der Waals surface area contributed by atoms with Crippen molar-refractivity contribution in [1.82, 2.24) is 0 Å². The molecule has 0 aromatic heterocycles. The van der Waals surface area contributed by atoms with Gasteiger partial charge in [-0.1, -0.05) is 22.4 Å². The van der Waals surface area contributed by atoms with Gasteiger partial charge in [-0.3, -0.25) is 20.2 Å². The molecule has 13 nitrogen and oxygen atoms in total. The van der Waals surface area contributed by atoms with Gasteiger partial charge in [0.05, 0.1) is 30.4 Å². The minimum absolute atomic E-state index is 0.258. The molecule has 0 fully saturated rings. The van der Waals surface area contributed by atoms with E-state index in [2.05, 4.69) is 20.1 Å². The standard InChI is InChI=1S/C12H6N8O5S/c13-17-15-11-7(19(21)22)3-1-5-9(11)26(25)10-6-2-4-8(20(23)24)12(10)16-18-14/h1-6H. The third-order valence-corrected chi connectivity index (χ3v) is 4.50. The van der Waals surface area contributed by atoms with Gasteiger partial charge >= 0.3 is 0 Å². The highest BCUT2D eigenvalue weighted by atomic mass is 32.2. The number of hydrogen-bond acceptors (Lipinski definition) is 7. The summed E-state index contributed by atoms with van der Waals surface area (Å²) >= 11 is 0. The maximum absolute atomic E-state index is 12.9. The average Bonchev–Trinajstić information content (AvgIpc) is 2.61. The average molecular weight is 374 g/mol. The van der Waals surface area contributed by atoms with Gasteiger partial charge in [0.1, 0.15) is 11.4 Å². The zero-order chi connectivity index (χ0) is 19.3. The highest BCUT2D eigenvalue weighted by molar-refractivity contribution is 7.85. The molecule has 130 valence electrons. The highest BCUT2D eigenvalue weighted by Crippen LogP contribution is 2.40. The molecule has 0 spiro atoms. The Hall–Kier alpha value is -3.99. The van der Waals surface area contributed by atoms with E-state index >= 15 is 0 Å². The van der Waals surface area contributed by atoms with Crippen LogP contribution in [0, 0.1) is 20.2 Å². The van der Waals surface area contributed by atoms with Crippen LogP contribution >= 0.6 is 0 Å². The first kappa shape index (κ1) is 18.4. The number of rotatable bonds is 6. The zero-order valence-electron chi connectivity index (χ0n) is 12.5. The quantitative estimate of drug-likeness (QED) is 0.234. The molecule has 0 N–H and O–H groups in total. The first-order chi connectivity index (χ1) is 12.4. The van der Waals surface area contributed by atoms with Crippen molar-refractivity contribution < 1.29 is 14.1 Å². The van der Waals surface area contributed by atoms with Crippen molar-refractivity contribution in [1.29, 1.82) is 0 Å². The van der Waals surface area contributed by atoms with Gasteiger partial charge in [0.25, 0.3) is 11.4 Å². The van der Waals surface area contributed by atoms with E-state index in [0.717, 1.165) is 12.1 Å². The molecule has 0 saturated carbocycles. The number of nitro groups is 2. The normalized spacial score (nSPS) is 10.9. The second-order valence-corrected chi connectivity index (χ2v) is 5.83.